The number of aromatic nitrogens is 1. The van der Waals surface area contributed by atoms with Gasteiger partial charge in [0.15, 0.2) is 0 Å². The minimum absolute atomic E-state index is 0.0472. The van der Waals surface area contributed by atoms with E-state index >= 15 is 0 Å². The van der Waals surface area contributed by atoms with Crippen molar-refractivity contribution in [3.63, 3.8) is 0 Å². The number of carboxylic acids is 1. The fraction of sp³-hybridized carbons (Fsp3) is 0.100. The monoisotopic (exact) mass is 350 g/mol. The van der Waals surface area contributed by atoms with Crippen LogP contribution in [0.3, 0.4) is 0 Å². The Balaban J connectivity index is 1.97. The van der Waals surface area contributed by atoms with Gasteiger partial charge in [-0.25, -0.2) is 9.78 Å². The Morgan fingerprint density at radius 3 is 2.36 bits per heavy atom. The second-order valence-electron chi connectivity index (χ2n) is 5.72. The maximum absolute atomic E-state index is 11.8. The first-order valence-electron chi connectivity index (χ1n) is 7.71. The summed E-state index contributed by atoms with van der Waals surface area (Å²) in [5.41, 5.74) is 3.52. The summed E-state index contributed by atoms with van der Waals surface area (Å²) in [5.74, 6) is -0.940. The number of hydrogen-bond donors (Lipinski definition) is 1. The molecule has 0 amide bonds. The highest BCUT2D eigenvalue weighted by molar-refractivity contribution is 7.15. The van der Waals surface area contributed by atoms with Crippen molar-refractivity contribution < 1.29 is 15.0 Å². The third kappa shape index (κ3) is 3.61. The summed E-state index contributed by atoms with van der Waals surface area (Å²) in [7, 11) is 0. The van der Waals surface area contributed by atoms with Crippen molar-refractivity contribution in [2.45, 2.75) is 13.8 Å². The minimum atomic E-state index is -0.988. The number of rotatable bonds is 4. The van der Waals surface area contributed by atoms with Crippen LogP contribution in [-0.4, -0.2) is 16.1 Å². The molecule has 0 atom stereocenters. The summed E-state index contributed by atoms with van der Waals surface area (Å²) >= 11 is 1.13. The molecule has 0 bridgehead atoms. The van der Waals surface area contributed by atoms with E-state index in [1.54, 1.807) is 19.9 Å². The van der Waals surface area contributed by atoms with Gasteiger partial charge < -0.3 is 10.2 Å². The molecule has 4 nitrogen and oxygen atoms in total. The lowest BCUT2D eigenvalue weighted by molar-refractivity contribution is -0.270. The number of hydrogen-bond acceptors (Lipinski definition) is 4. The van der Waals surface area contributed by atoms with E-state index in [0.717, 1.165) is 22.5 Å². The molecule has 0 aliphatic carbocycles. The highest BCUT2D eigenvalue weighted by Crippen LogP contribution is 2.29. The number of aromatic carboxylic acids is 1. The number of carboxylic acid groups (broad SMARTS) is 1. The van der Waals surface area contributed by atoms with Crippen molar-refractivity contribution in [1.82, 2.24) is 4.98 Å². The maximum atomic E-state index is 11.8. The van der Waals surface area contributed by atoms with Gasteiger partial charge in [-0.2, -0.15) is 0 Å². The first-order valence-corrected chi connectivity index (χ1v) is 8.53. The van der Waals surface area contributed by atoms with Gasteiger partial charge >= 0.3 is 5.97 Å². The number of carbonyl (C=O) groups is 1. The van der Waals surface area contributed by atoms with Gasteiger partial charge in [0.05, 0.1) is 5.69 Å². The molecule has 0 unspecified atom stereocenters. The molecule has 2 aromatic carbocycles. The van der Waals surface area contributed by atoms with E-state index in [9.17, 15) is 15.0 Å². The van der Waals surface area contributed by atoms with E-state index in [4.69, 9.17) is 0 Å². The summed E-state index contributed by atoms with van der Waals surface area (Å²) in [6, 6.07) is 12.9. The van der Waals surface area contributed by atoms with E-state index < -0.39 is 5.97 Å². The van der Waals surface area contributed by atoms with Crippen molar-refractivity contribution >= 4 is 29.5 Å². The van der Waals surface area contributed by atoms with E-state index in [1.807, 2.05) is 48.5 Å². The molecule has 0 saturated carbocycles. The molecule has 0 saturated heterocycles. The van der Waals surface area contributed by atoms with Crippen LogP contribution in [0.15, 0.2) is 42.5 Å². The van der Waals surface area contributed by atoms with Crippen molar-refractivity contribution in [2.24, 2.45) is 0 Å². The van der Waals surface area contributed by atoms with Crippen LogP contribution in [0, 0.1) is 13.8 Å². The molecule has 0 fully saturated rings. The molecule has 0 radical (unpaired) electrons. The summed E-state index contributed by atoms with van der Waals surface area (Å²) in [5, 5.41) is 21.8. The van der Waals surface area contributed by atoms with Gasteiger partial charge in [-0.3, -0.25) is 0 Å². The Hall–Kier alpha value is -2.92. The third-order valence-corrected chi connectivity index (χ3v) is 4.79. The normalized spacial score (nSPS) is 11.1. The standard InChI is InChI=1S/C20H17NO3S/c1-12-10-14(11-13(2)18(12)22)8-9-16-21-17(19(25-16)20(23)24)15-6-4-3-5-7-15/h3-11,22H,1-2H3,(H,23,24)/p-1/b9-8+. The molecular weight excluding hydrogens is 334 g/mol. The molecule has 126 valence electrons. The highest BCUT2D eigenvalue weighted by Gasteiger charge is 2.17. The fourth-order valence-electron chi connectivity index (χ4n) is 2.59. The Bertz CT molecular complexity index is 935. The van der Waals surface area contributed by atoms with Crippen molar-refractivity contribution in [3.05, 3.63) is 69.0 Å². The lowest BCUT2D eigenvalue weighted by atomic mass is 10.1. The van der Waals surface area contributed by atoms with Crippen LogP contribution in [0.1, 0.15) is 31.4 Å². The van der Waals surface area contributed by atoms with Crippen molar-refractivity contribution in [1.29, 1.82) is 0 Å². The SMILES string of the molecule is Cc1cc(/C=C/c2nc(-c3ccccc3)c(C(=O)O)s2)cc(C)c1[O-]. The van der Waals surface area contributed by atoms with Gasteiger partial charge in [0, 0.05) is 5.56 Å². The summed E-state index contributed by atoms with van der Waals surface area (Å²) < 4.78 is 0. The van der Waals surface area contributed by atoms with Gasteiger partial charge in [0.1, 0.15) is 9.88 Å². The second-order valence-corrected chi connectivity index (χ2v) is 6.75. The zero-order chi connectivity index (χ0) is 18.0. The molecule has 25 heavy (non-hydrogen) atoms. The molecule has 1 N–H and O–H groups in total. The second kappa shape index (κ2) is 6.91. The molecule has 0 aliphatic heterocycles. The first-order chi connectivity index (χ1) is 12.0. The van der Waals surface area contributed by atoms with Gasteiger partial charge in [-0.15, -0.1) is 17.1 Å². The Kier molecular flexibility index (Phi) is 4.67. The minimum Gasteiger partial charge on any atom is -0.872 e. The Labute approximate surface area is 149 Å². The predicted octanol–water partition coefficient (Wildman–Crippen LogP) is 4.37. The van der Waals surface area contributed by atoms with Crippen LogP contribution in [-0.2, 0) is 0 Å². The number of thiazole rings is 1. The quantitative estimate of drug-likeness (QED) is 0.758. The average Bonchev–Trinajstić information content (AvgIpc) is 3.03. The van der Waals surface area contributed by atoms with Gasteiger partial charge in [0.25, 0.3) is 0 Å². The van der Waals surface area contributed by atoms with E-state index in [2.05, 4.69) is 4.98 Å². The highest BCUT2D eigenvalue weighted by atomic mass is 32.1. The molecule has 0 spiro atoms. The molecule has 1 heterocycles. The van der Waals surface area contributed by atoms with Gasteiger partial charge in [-0.05, 0) is 25.5 Å². The van der Waals surface area contributed by atoms with Crippen LogP contribution >= 0.6 is 11.3 Å². The summed E-state index contributed by atoms with van der Waals surface area (Å²) in [6.45, 7) is 3.57. The zero-order valence-electron chi connectivity index (χ0n) is 13.8. The van der Waals surface area contributed by atoms with Gasteiger partial charge in [-0.1, -0.05) is 59.7 Å². The Morgan fingerprint density at radius 2 is 1.76 bits per heavy atom. The number of benzene rings is 2. The molecule has 3 aromatic rings. The largest absolute Gasteiger partial charge is 0.872 e. The molecule has 3 rings (SSSR count). The summed E-state index contributed by atoms with van der Waals surface area (Å²) in [6.07, 6.45) is 3.63. The molecule has 1 aromatic heterocycles. The molecular formula is C20H16NO3S-. The molecule has 0 aliphatic rings. The van der Waals surface area contributed by atoms with Crippen molar-refractivity contribution in [3.8, 4) is 17.0 Å². The summed E-state index contributed by atoms with van der Waals surface area (Å²) in [4.78, 5) is 16.2. The van der Waals surface area contributed by atoms with Crippen LogP contribution in [0.25, 0.3) is 23.4 Å². The fourth-order valence-corrected chi connectivity index (χ4v) is 3.42. The number of nitrogens with zero attached hydrogens (tertiary/aromatic N) is 1. The smallest absolute Gasteiger partial charge is 0.348 e. The van der Waals surface area contributed by atoms with Crippen LogP contribution in [0.5, 0.6) is 5.75 Å². The maximum Gasteiger partial charge on any atom is 0.348 e. The lowest BCUT2D eigenvalue weighted by Gasteiger charge is -2.14. The average molecular weight is 350 g/mol. The predicted molar refractivity (Wildman–Crippen MR) is 98.8 cm³/mol. The van der Waals surface area contributed by atoms with Crippen LogP contribution < -0.4 is 5.11 Å². The Morgan fingerprint density at radius 1 is 1.12 bits per heavy atom. The third-order valence-electron chi connectivity index (χ3n) is 3.79. The van der Waals surface area contributed by atoms with E-state index in [-0.39, 0.29) is 10.6 Å². The van der Waals surface area contributed by atoms with Crippen molar-refractivity contribution in [2.75, 3.05) is 0 Å². The zero-order valence-corrected chi connectivity index (χ0v) is 14.6. The number of aryl methyl sites for hydroxylation is 2. The van der Waals surface area contributed by atoms with Gasteiger partial charge in [0.2, 0.25) is 0 Å². The first kappa shape index (κ1) is 16.9. The van der Waals surface area contributed by atoms with E-state index in [1.165, 1.54) is 0 Å². The van der Waals surface area contributed by atoms with E-state index in [0.29, 0.717) is 21.8 Å². The topological polar surface area (TPSA) is 73.2 Å². The lowest BCUT2D eigenvalue weighted by Crippen LogP contribution is -1.96. The van der Waals surface area contributed by atoms with Crippen LogP contribution in [0.4, 0.5) is 0 Å². The molecule has 5 heteroatoms. The van der Waals surface area contributed by atoms with Crippen LogP contribution in [0.2, 0.25) is 0 Å².